The number of amides is 3. The van der Waals surface area contributed by atoms with Crippen LogP contribution in [0.1, 0.15) is 56.8 Å². The van der Waals surface area contributed by atoms with E-state index in [-0.39, 0.29) is 39.3 Å². The molecule has 2 aromatic rings. The lowest BCUT2D eigenvalue weighted by Crippen LogP contribution is -2.35. The number of esters is 1. The topological polar surface area (TPSA) is 92.8 Å². The maximum absolute atomic E-state index is 12.9. The monoisotopic (exact) mass is 460 g/mol. The summed E-state index contributed by atoms with van der Waals surface area (Å²) in [5.41, 5.74) is 0.574. The highest BCUT2D eigenvalue weighted by atomic mass is 35.5. The number of fused-ring (bicyclic) bond motifs is 1. The van der Waals surface area contributed by atoms with Gasteiger partial charge in [-0.05, 0) is 49.2 Å². The number of benzene rings is 2. The predicted octanol–water partition coefficient (Wildman–Crippen LogP) is 4.01. The zero-order chi connectivity index (χ0) is 22.1. The Bertz CT molecular complexity index is 1100. The summed E-state index contributed by atoms with van der Waals surface area (Å²) in [4.78, 5) is 50.9. The van der Waals surface area contributed by atoms with Crippen molar-refractivity contribution in [3.63, 3.8) is 0 Å². The van der Waals surface area contributed by atoms with Crippen LogP contribution in [0.15, 0.2) is 36.4 Å². The number of ether oxygens (including phenoxy) is 1. The fourth-order valence-corrected chi connectivity index (χ4v) is 4.07. The standard InChI is InChI=1S/C22H18Cl2N2O5/c23-17-8-6-14(10-18(17)24)26-20(28)15-7-5-12(9-16(15)21(26)29)22(30)31-11-19(27)25-13-3-1-2-4-13/h5-10,13H,1-4,11H2,(H,25,27). The average molecular weight is 461 g/mol. The van der Waals surface area contributed by atoms with Crippen molar-refractivity contribution in [2.75, 3.05) is 11.5 Å². The molecule has 2 aromatic carbocycles. The van der Waals surface area contributed by atoms with E-state index in [0.29, 0.717) is 5.02 Å². The van der Waals surface area contributed by atoms with Gasteiger partial charge in [0.25, 0.3) is 17.7 Å². The lowest BCUT2D eigenvalue weighted by Gasteiger charge is -2.14. The number of hydrogen-bond acceptors (Lipinski definition) is 5. The summed E-state index contributed by atoms with van der Waals surface area (Å²) in [5, 5.41) is 3.33. The maximum atomic E-state index is 12.9. The first-order chi connectivity index (χ1) is 14.8. The molecular weight excluding hydrogens is 443 g/mol. The van der Waals surface area contributed by atoms with Crippen molar-refractivity contribution in [1.29, 1.82) is 0 Å². The van der Waals surface area contributed by atoms with E-state index in [9.17, 15) is 19.2 Å². The van der Waals surface area contributed by atoms with E-state index in [2.05, 4.69) is 5.32 Å². The van der Waals surface area contributed by atoms with E-state index in [1.54, 1.807) is 0 Å². The molecule has 1 aliphatic carbocycles. The number of nitrogens with one attached hydrogen (secondary N) is 1. The Morgan fingerprint density at radius 1 is 0.968 bits per heavy atom. The van der Waals surface area contributed by atoms with Crippen LogP contribution in [0.25, 0.3) is 0 Å². The highest BCUT2D eigenvalue weighted by Crippen LogP contribution is 2.33. The van der Waals surface area contributed by atoms with Gasteiger partial charge >= 0.3 is 5.97 Å². The van der Waals surface area contributed by atoms with Gasteiger partial charge in [-0.3, -0.25) is 14.4 Å². The molecule has 0 spiro atoms. The Morgan fingerprint density at radius 3 is 2.39 bits per heavy atom. The third kappa shape index (κ3) is 4.29. The van der Waals surface area contributed by atoms with Crippen molar-refractivity contribution in [3.05, 3.63) is 63.1 Å². The zero-order valence-corrected chi connectivity index (χ0v) is 17.8. The summed E-state index contributed by atoms with van der Waals surface area (Å²) in [5.74, 6) is -2.24. The van der Waals surface area contributed by atoms with E-state index in [0.717, 1.165) is 30.6 Å². The molecule has 1 saturated carbocycles. The fourth-order valence-electron chi connectivity index (χ4n) is 3.78. The number of anilines is 1. The minimum absolute atomic E-state index is 0.0703. The number of halogens is 2. The lowest BCUT2D eigenvalue weighted by molar-refractivity contribution is -0.124. The molecule has 2 aliphatic rings. The van der Waals surface area contributed by atoms with Gasteiger partial charge in [0.15, 0.2) is 6.61 Å². The van der Waals surface area contributed by atoms with Crippen molar-refractivity contribution in [1.82, 2.24) is 5.32 Å². The van der Waals surface area contributed by atoms with Gasteiger partial charge in [0, 0.05) is 6.04 Å². The Morgan fingerprint density at radius 2 is 1.68 bits per heavy atom. The van der Waals surface area contributed by atoms with Crippen molar-refractivity contribution < 1.29 is 23.9 Å². The van der Waals surface area contributed by atoms with Crippen molar-refractivity contribution in [3.8, 4) is 0 Å². The molecule has 0 saturated heterocycles. The Hall–Kier alpha value is -2.90. The summed E-state index contributed by atoms with van der Waals surface area (Å²) in [6.45, 7) is -0.408. The Balaban J connectivity index is 1.46. The molecule has 31 heavy (non-hydrogen) atoms. The minimum atomic E-state index is -0.752. The van der Waals surface area contributed by atoms with Crippen LogP contribution < -0.4 is 10.2 Å². The van der Waals surface area contributed by atoms with Crippen molar-refractivity contribution >= 4 is 52.6 Å². The quantitative estimate of drug-likeness (QED) is 0.537. The van der Waals surface area contributed by atoms with Gasteiger partial charge in [0.2, 0.25) is 0 Å². The molecule has 3 amide bonds. The third-order valence-electron chi connectivity index (χ3n) is 5.34. The highest BCUT2D eigenvalue weighted by molar-refractivity contribution is 6.42. The van der Waals surface area contributed by atoms with Crippen LogP contribution in [-0.2, 0) is 9.53 Å². The SMILES string of the molecule is O=C(COC(=O)c1ccc2c(c1)C(=O)N(c1ccc(Cl)c(Cl)c1)C2=O)NC1CCCC1. The molecule has 0 aromatic heterocycles. The number of carbonyl (C=O) groups is 4. The van der Waals surface area contributed by atoms with Crippen LogP contribution in [0, 0.1) is 0 Å². The van der Waals surface area contributed by atoms with Gasteiger partial charge in [0.05, 0.1) is 32.4 Å². The second-order valence-electron chi connectivity index (χ2n) is 7.43. The van der Waals surface area contributed by atoms with Crippen LogP contribution in [0.2, 0.25) is 10.0 Å². The summed E-state index contributed by atoms with van der Waals surface area (Å²) < 4.78 is 5.07. The molecule has 4 rings (SSSR count). The van der Waals surface area contributed by atoms with Gasteiger partial charge in [-0.25, -0.2) is 9.69 Å². The van der Waals surface area contributed by atoms with E-state index >= 15 is 0 Å². The molecule has 1 N–H and O–H groups in total. The first-order valence-electron chi connectivity index (χ1n) is 9.79. The molecular formula is C22H18Cl2N2O5. The number of hydrogen-bond donors (Lipinski definition) is 1. The number of rotatable bonds is 5. The van der Waals surface area contributed by atoms with Crippen LogP contribution in [-0.4, -0.2) is 36.3 Å². The smallest absolute Gasteiger partial charge is 0.338 e. The Kier molecular flexibility index (Phi) is 5.98. The van der Waals surface area contributed by atoms with Crippen LogP contribution >= 0.6 is 23.2 Å². The summed E-state index contributed by atoms with van der Waals surface area (Å²) in [6, 6.07) is 8.62. The lowest BCUT2D eigenvalue weighted by atomic mass is 10.1. The van der Waals surface area contributed by atoms with Crippen LogP contribution in [0.5, 0.6) is 0 Å². The molecule has 1 heterocycles. The van der Waals surface area contributed by atoms with Crippen molar-refractivity contribution in [2.45, 2.75) is 31.7 Å². The largest absolute Gasteiger partial charge is 0.452 e. The molecule has 0 unspecified atom stereocenters. The second kappa shape index (κ2) is 8.69. The van der Waals surface area contributed by atoms with Gasteiger partial charge in [-0.15, -0.1) is 0 Å². The van der Waals surface area contributed by atoms with Crippen molar-refractivity contribution in [2.24, 2.45) is 0 Å². The fraction of sp³-hybridized carbons (Fsp3) is 0.273. The number of imide groups is 1. The maximum Gasteiger partial charge on any atom is 0.338 e. The summed E-state index contributed by atoms with van der Waals surface area (Å²) in [6.07, 6.45) is 4.00. The van der Waals surface area contributed by atoms with Gasteiger partial charge in [-0.1, -0.05) is 36.0 Å². The van der Waals surface area contributed by atoms with Gasteiger partial charge in [-0.2, -0.15) is 0 Å². The first-order valence-corrected chi connectivity index (χ1v) is 10.5. The number of nitrogens with zero attached hydrogens (tertiary/aromatic N) is 1. The average Bonchev–Trinajstić information content (AvgIpc) is 3.35. The predicted molar refractivity (Wildman–Crippen MR) is 115 cm³/mol. The molecule has 9 heteroatoms. The molecule has 0 bridgehead atoms. The first kappa shape index (κ1) is 21.3. The third-order valence-corrected chi connectivity index (χ3v) is 6.08. The summed E-state index contributed by atoms with van der Waals surface area (Å²) in [7, 11) is 0. The minimum Gasteiger partial charge on any atom is -0.452 e. The molecule has 1 aliphatic heterocycles. The van der Waals surface area contributed by atoms with E-state index in [4.69, 9.17) is 27.9 Å². The van der Waals surface area contributed by atoms with E-state index in [1.165, 1.54) is 36.4 Å². The van der Waals surface area contributed by atoms with Crippen LogP contribution in [0.4, 0.5) is 5.69 Å². The number of carbonyl (C=O) groups excluding carboxylic acids is 4. The van der Waals surface area contributed by atoms with Crippen LogP contribution in [0.3, 0.4) is 0 Å². The second-order valence-corrected chi connectivity index (χ2v) is 8.24. The zero-order valence-electron chi connectivity index (χ0n) is 16.3. The van der Waals surface area contributed by atoms with E-state index in [1.807, 2.05) is 0 Å². The van der Waals surface area contributed by atoms with E-state index < -0.39 is 24.4 Å². The molecule has 160 valence electrons. The molecule has 0 radical (unpaired) electrons. The highest BCUT2D eigenvalue weighted by Gasteiger charge is 2.37. The summed E-state index contributed by atoms with van der Waals surface area (Å²) >= 11 is 11.9. The van der Waals surface area contributed by atoms with Gasteiger partial charge < -0.3 is 10.1 Å². The molecule has 1 fully saturated rings. The van der Waals surface area contributed by atoms with Gasteiger partial charge in [0.1, 0.15) is 0 Å². The molecule has 7 nitrogen and oxygen atoms in total. The molecule has 0 atom stereocenters. The normalized spacial score (nSPS) is 15.9. The Labute approximate surface area is 188 Å².